The minimum atomic E-state index is -0.194. The monoisotopic (exact) mass is 418 g/mol. The van der Waals surface area contributed by atoms with Crippen LogP contribution in [0.1, 0.15) is 26.9 Å². The third-order valence-electron chi connectivity index (χ3n) is 4.96. The summed E-state index contributed by atoms with van der Waals surface area (Å²) < 4.78 is 5.14. The summed E-state index contributed by atoms with van der Waals surface area (Å²) >= 11 is 1.59. The lowest BCUT2D eigenvalue weighted by Crippen LogP contribution is -2.27. The first-order valence-corrected chi connectivity index (χ1v) is 10.7. The van der Waals surface area contributed by atoms with Crippen molar-refractivity contribution >= 4 is 35.0 Å². The molecule has 0 bridgehead atoms. The quantitative estimate of drug-likeness (QED) is 0.631. The standard InChI is InChI=1S/C24H22N2O3S/c1-16-6-10-20(11-7-16)26-22(27)15-30-24(26)18-4-3-5-19(14-18)25-23(28)17-8-12-21(29-2)13-9-17/h3-14,24H,15H2,1-2H3,(H,25,28)/t24-/m1/s1. The normalized spacial score (nSPS) is 15.9. The van der Waals surface area contributed by atoms with Crippen molar-refractivity contribution in [2.75, 3.05) is 23.1 Å². The number of hydrogen-bond donors (Lipinski definition) is 1. The lowest BCUT2D eigenvalue weighted by atomic mass is 10.1. The van der Waals surface area contributed by atoms with Crippen LogP contribution >= 0.6 is 11.8 Å². The van der Waals surface area contributed by atoms with Crippen LogP contribution in [0.2, 0.25) is 0 Å². The molecule has 1 fully saturated rings. The van der Waals surface area contributed by atoms with Crippen molar-refractivity contribution in [2.45, 2.75) is 12.3 Å². The van der Waals surface area contributed by atoms with Gasteiger partial charge in [0.15, 0.2) is 0 Å². The molecule has 5 nitrogen and oxygen atoms in total. The third-order valence-corrected chi connectivity index (χ3v) is 6.17. The van der Waals surface area contributed by atoms with Crippen LogP contribution in [0.25, 0.3) is 0 Å². The molecule has 0 aromatic heterocycles. The number of carbonyl (C=O) groups is 2. The van der Waals surface area contributed by atoms with E-state index >= 15 is 0 Å². The lowest BCUT2D eigenvalue weighted by molar-refractivity contribution is -0.115. The predicted octanol–water partition coefficient (Wildman–Crippen LogP) is 5.03. The van der Waals surface area contributed by atoms with Gasteiger partial charge in [-0.25, -0.2) is 0 Å². The van der Waals surface area contributed by atoms with Gasteiger partial charge in [0.05, 0.1) is 12.9 Å². The van der Waals surface area contributed by atoms with Crippen molar-refractivity contribution < 1.29 is 14.3 Å². The molecule has 152 valence electrons. The molecule has 30 heavy (non-hydrogen) atoms. The molecule has 3 aromatic rings. The molecular formula is C24H22N2O3S. The smallest absolute Gasteiger partial charge is 0.255 e. The SMILES string of the molecule is COc1ccc(C(=O)Nc2cccc([C@H]3SCC(=O)N3c3ccc(C)cc3)c2)cc1. The van der Waals surface area contributed by atoms with Crippen molar-refractivity contribution in [2.24, 2.45) is 0 Å². The van der Waals surface area contributed by atoms with Gasteiger partial charge in [-0.15, -0.1) is 11.8 Å². The molecule has 6 heteroatoms. The van der Waals surface area contributed by atoms with Crippen molar-refractivity contribution in [3.63, 3.8) is 0 Å². The summed E-state index contributed by atoms with van der Waals surface area (Å²) in [4.78, 5) is 27.0. The fraction of sp³-hybridized carbons (Fsp3) is 0.167. The van der Waals surface area contributed by atoms with E-state index in [4.69, 9.17) is 4.74 Å². The topological polar surface area (TPSA) is 58.6 Å². The van der Waals surface area contributed by atoms with Crippen LogP contribution in [0.5, 0.6) is 5.75 Å². The molecule has 3 aromatic carbocycles. The number of nitrogens with zero attached hydrogens (tertiary/aromatic N) is 1. The van der Waals surface area contributed by atoms with Gasteiger partial charge < -0.3 is 10.1 Å². The van der Waals surface area contributed by atoms with Gasteiger partial charge in [-0.1, -0.05) is 29.8 Å². The van der Waals surface area contributed by atoms with E-state index < -0.39 is 0 Å². The molecule has 0 radical (unpaired) electrons. The number of thioether (sulfide) groups is 1. The summed E-state index contributed by atoms with van der Waals surface area (Å²) in [7, 11) is 1.59. The van der Waals surface area contributed by atoms with E-state index in [0.717, 1.165) is 16.8 Å². The van der Waals surface area contributed by atoms with Crippen molar-refractivity contribution in [1.29, 1.82) is 0 Å². The molecule has 0 saturated carbocycles. The van der Waals surface area contributed by atoms with Crippen LogP contribution in [-0.2, 0) is 4.79 Å². The maximum Gasteiger partial charge on any atom is 0.255 e. The number of anilines is 2. The van der Waals surface area contributed by atoms with E-state index in [1.165, 1.54) is 0 Å². The van der Waals surface area contributed by atoms with Crippen molar-refractivity contribution in [1.82, 2.24) is 0 Å². The van der Waals surface area contributed by atoms with Gasteiger partial charge in [0, 0.05) is 16.9 Å². The molecule has 1 aliphatic heterocycles. The fourth-order valence-electron chi connectivity index (χ4n) is 3.37. The lowest BCUT2D eigenvalue weighted by Gasteiger charge is -2.25. The molecule has 1 N–H and O–H groups in total. The van der Waals surface area contributed by atoms with E-state index in [2.05, 4.69) is 5.32 Å². The number of methoxy groups -OCH3 is 1. The molecule has 4 rings (SSSR count). The van der Waals surface area contributed by atoms with Crippen molar-refractivity contribution in [3.05, 3.63) is 89.5 Å². The molecule has 2 amide bonds. The molecule has 1 saturated heterocycles. The molecule has 1 atom stereocenters. The zero-order valence-corrected chi connectivity index (χ0v) is 17.6. The average Bonchev–Trinajstić information content (AvgIpc) is 3.16. The first kappa shape index (κ1) is 20.0. The number of hydrogen-bond acceptors (Lipinski definition) is 4. The minimum Gasteiger partial charge on any atom is -0.497 e. The largest absolute Gasteiger partial charge is 0.497 e. The summed E-state index contributed by atoms with van der Waals surface area (Å²) in [5.74, 6) is 1.02. The Bertz CT molecular complexity index is 1060. The number of benzene rings is 3. The summed E-state index contributed by atoms with van der Waals surface area (Å²) in [6.07, 6.45) is 0. The third kappa shape index (κ3) is 4.19. The zero-order chi connectivity index (χ0) is 21.1. The van der Waals surface area contributed by atoms with E-state index in [9.17, 15) is 9.59 Å². The average molecular weight is 419 g/mol. The molecule has 0 aliphatic carbocycles. The number of rotatable bonds is 5. The van der Waals surface area contributed by atoms with Gasteiger partial charge >= 0.3 is 0 Å². The van der Waals surface area contributed by atoms with E-state index in [1.54, 1.807) is 43.1 Å². The Labute approximate surface area is 180 Å². The summed E-state index contributed by atoms with van der Waals surface area (Å²) in [5.41, 5.74) is 4.25. The Hall–Kier alpha value is -3.25. The summed E-state index contributed by atoms with van der Waals surface area (Å²) in [5, 5.41) is 2.81. The van der Waals surface area contributed by atoms with Gasteiger partial charge in [-0.3, -0.25) is 14.5 Å². The fourth-order valence-corrected chi connectivity index (χ4v) is 4.54. The first-order chi connectivity index (χ1) is 14.5. The maximum absolute atomic E-state index is 12.6. The van der Waals surface area contributed by atoms with Gasteiger partial charge in [0.2, 0.25) is 5.91 Å². The molecule has 0 spiro atoms. The Morgan fingerprint density at radius 2 is 1.80 bits per heavy atom. The number of carbonyl (C=O) groups excluding carboxylic acids is 2. The van der Waals surface area contributed by atoms with Gasteiger partial charge in [-0.05, 0) is 61.0 Å². The zero-order valence-electron chi connectivity index (χ0n) is 16.8. The predicted molar refractivity (Wildman–Crippen MR) is 121 cm³/mol. The van der Waals surface area contributed by atoms with Crippen LogP contribution in [0, 0.1) is 6.92 Å². The number of ether oxygens (including phenoxy) is 1. The van der Waals surface area contributed by atoms with Crippen LogP contribution in [0.4, 0.5) is 11.4 Å². The molecule has 0 unspecified atom stereocenters. The first-order valence-electron chi connectivity index (χ1n) is 9.61. The highest BCUT2D eigenvalue weighted by Gasteiger charge is 2.34. The second-order valence-corrected chi connectivity index (χ2v) is 8.14. The molecule has 1 heterocycles. The second kappa shape index (κ2) is 8.63. The number of nitrogens with one attached hydrogen (secondary N) is 1. The summed E-state index contributed by atoms with van der Waals surface area (Å²) in [6, 6.07) is 22.6. The Morgan fingerprint density at radius 1 is 1.07 bits per heavy atom. The highest BCUT2D eigenvalue weighted by Crippen LogP contribution is 2.42. The van der Waals surface area contributed by atoms with Crippen LogP contribution in [0.15, 0.2) is 72.8 Å². The van der Waals surface area contributed by atoms with E-state index in [0.29, 0.717) is 22.8 Å². The summed E-state index contributed by atoms with van der Waals surface area (Å²) in [6.45, 7) is 2.02. The Balaban J connectivity index is 1.55. The Kier molecular flexibility index (Phi) is 5.77. The van der Waals surface area contributed by atoms with Crippen LogP contribution < -0.4 is 15.0 Å². The van der Waals surface area contributed by atoms with E-state index in [-0.39, 0.29) is 17.2 Å². The molecule has 1 aliphatic rings. The van der Waals surface area contributed by atoms with Crippen LogP contribution in [0.3, 0.4) is 0 Å². The van der Waals surface area contributed by atoms with Gasteiger partial charge in [0.25, 0.3) is 5.91 Å². The number of amides is 2. The second-order valence-electron chi connectivity index (χ2n) is 7.07. The highest BCUT2D eigenvalue weighted by molar-refractivity contribution is 8.00. The Morgan fingerprint density at radius 3 is 2.50 bits per heavy atom. The number of aryl methyl sites for hydroxylation is 1. The van der Waals surface area contributed by atoms with E-state index in [1.807, 2.05) is 60.4 Å². The molecular weight excluding hydrogens is 396 g/mol. The maximum atomic E-state index is 12.6. The van der Waals surface area contributed by atoms with Crippen LogP contribution in [-0.4, -0.2) is 24.7 Å². The van der Waals surface area contributed by atoms with Crippen molar-refractivity contribution in [3.8, 4) is 5.75 Å². The van der Waals surface area contributed by atoms with Gasteiger partial charge in [0.1, 0.15) is 11.1 Å². The minimum absolute atomic E-state index is 0.0847. The van der Waals surface area contributed by atoms with Gasteiger partial charge in [-0.2, -0.15) is 0 Å². The highest BCUT2D eigenvalue weighted by atomic mass is 32.2.